The molecule has 0 aliphatic heterocycles. The Balaban J connectivity index is 2.40. The van der Waals surface area contributed by atoms with Gasteiger partial charge in [-0.1, -0.05) is 72.1 Å². The number of unbranched alkanes of at least 4 members (excludes halogenated alkanes) is 6. The number of carboxylic acids is 1. The summed E-state index contributed by atoms with van der Waals surface area (Å²) in [6.45, 7) is 6.52. The maximum absolute atomic E-state index is 11.9. The van der Waals surface area contributed by atoms with E-state index in [9.17, 15) is 9.90 Å². The van der Waals surface area contributed by atoms with Crippen LogP contribution < -0.4 is 0 Å². The minimum absolute atomic E-state index is 0.378. The number of carbonyl (C=O) groups is 1. The van der Waals surface area contributed by atoms with Crippen LogP contribution >= 0.6 is 0 Å². The van der Waals surface area contributed by atoms with Gasteiger partial charge in [0.1, 0.15) is 0 Å². The van der Waals surface area contributed by atoms with Crippen molar-refractivity contribution in [3.63, 3.8) is 0 Å². The van der Waals surface area contributed by atoms with Gasteiger partial charge in [-0.15, -0.1) is 0 Å². The van der Waals surface area contributed by atoms with Gasteiger partial charge in [0.2, 0.25) is 0 Å². The lowest BCUT2D eigenvalue weighted by atomic mass is 9.66. The summed E-state index contributed by atoms with van der Waals surface area (Å²) in [6.07, 6.45) is 14.4. The van der Waals surface area contributed by atoms with Gasteiger partial charge in [0.25, 0.3) is 0 Å². The van der Waals surface area contributed by atoms with E-state index < -0.39 is 11.4 Å². The summed E-state index contributed by atoms with van der Waals surface area (Å²) in [5, 5.41) is 9.84. The van der Waals surface area contributed by atoms with Crippen LogP contribution in [0.15, 0.2) is 0 Å². The molecule has 0 aromatic rings. The van der Waals surface area contributed by atoms with Gasteiger partial charge in [-0.25, -0.2) is 0 Å². The molecular formula is C19H36O2. The van der Waals surface area contributed by atoms with Crippen molar-refractivity contribution in [3.05, 3.63) is 0 Å². The first kappa shape index (κ1) is 18.5. The maximum atomic E-state index is 11.9. The highest BCUT2D eigenvalue weighted by atomic mass is 16.4. The Labute approximate surface area is 131 Å². The van der Waals surface area contributed by atoms with E-state index in [-0.39, 0.29) is 0 Å². The normalized spacial score (nSPS) is 19.2. The van der Waals surface area contributed by atoms with Crippen molar-refractivity contribution in [1.82, 2.24) is 0 Å². The highest BCUT2D eigenvalue weighted by molar-refractivity contribution is 5.76. The zero-order valence-corrected chi connectivity index (χ0v) is 14.5. The molecular weight excluding hydrogens is 260 g/mol. The van der Waals surface area contributed by atoms with Gasteiger partial charge in [-0.3, -0.25) is 4.79 Å². The smallest absolute Gasteiger partial charge is 0.310 e. The minimum Gasteiger partial charge on any atom is -0.481 e. The van der Waals surface area contributed by atoms with Gasteiger partial charge in [-0.05, 0) is 37.5 Å². The van der Waals surface area contributed by atoms with Crippen molar-refractivity contribution in [2.75, 3.05) is 0 Å². The van der Waals surface area contributed by atoms with Gasteiger partial charge < -0.3 is 5.11 Å². The summed E-state index contributed by atoms with van der Waals surface area (Å²) >= 11 is 0. The molecule has 2 nitrogen and oxygen atoms in total. The van der Waals surface area contributed by atoms with E-state index in [1.54, 1.807) is 0 Å². The fourth-order valence-corrected chi connectivity index (χ4v) is 4.18. The van der Waals surface area contributed by atoms with Crippen LogP contribution in [0.1, 0.15) is 97.8 Å². The molecule has 0 spiro atoms. The summed E-state index contributed by atoms with van der Waals surface area (Å²) in [5.41, 5.74) is -0.420. The molecule has 0 radical (unpaired) electrons. The second kappa shape index (κ2) is 9.48. The van der Waals surface area contributed by atoms with Crippen LogP contribution in [0.2, 0.25) is 0 Å². The van der Waals surface area contributed by atoms with Gasteiger partial charge in [0.15, 0.2) is 0 Å². The molecule has 0 bridgehead atoms. The van der Waals surface area contributed by atoms with E-state index in [4.69, 9.17) is 0 Å². The standard InChI is InChI=1S/C19H36O2/c1-4-7-8-9-10-11-12-13-16(5-2)19(6-3,18(20)21)17-14-15-17/h16-17H,4-15H2,1-3H3,(H,20,21). The minimum atomic E-state index is -0.526. The Hall–Kier alpha value is -0.530. The van der Waals surface area contributed by atoms with E-state index in [2.05, 4.69) is 20.8 Å². The van der Waals surface area contributed by atoms with Crippen molar-refractivity contribution in [3.8, 4) is 0 Å². The number of rotatable bonds is 13. The molecule has 124 valence electrons. The SMILES string of the molecule is CCCCCCCCCC(CC)C(CC)(C(=O)O)C1CC1. The van der Waals surface area contributed by atoms with E-state index >= 15 is 0 Å². The Morgan fingerprint density at radius 3 is 2.05 bits per heavy atom. The summed E-state index contributed by atoms with van der Waals surface area (Å²) in [7, 11) is 0. The zero-order valence-electron chi connectivity index (χ0n) is 14.5. The van der Waals surface area contributed by atoms with Crippen LogP contribution in [0.4, 0.5) is 0 Å². The van der Waals surface area contributed by atoms with E-state index in [1.165, 1.54) is 44.9 Å². The molecule has 0 aromatic carbocycles. The van der Waals surface area contributed by atoms with Crippen molar-refractivity contribution < 1.29 is 9.90 Å². The molecule has 21 heavy (non-hydrogen) atoms. The quantitative estimate of drug-likeness (QED) is 0.420. The fourth-order valence-electron chi connectivity index (χ4n) is 4.18. The summed E-state index contributed by atoms with van der Waals surface area (Å²) in [4.78, 5) is 11.9. The lowest BCUT2D eigenvalue weighted by Crippen LogP contribution is -2.40. The fraction of sp³-hybridized carbons (Fsp3) is 0.947. The molecule has 2 heteroatoms. The van der Waals surface area contributed by atoms with Crippen molar-refractivity contribution in [1.29, 1.82) is 0 Å². The number of carboxylic acid groups (broad SMARTS) is 1. The molecule has 0 heterocycles. The molecule has 1 fully saturated rings. The first-order chi connectivity index (χ1) is 10.1. The lowest BCUT2D eigenvalue weighted by Gasteiger charge is -2.36. The molecule has 1 N–H and O–H groups in total. The number of hydrogen-bond acceptors (Lipinski definition) is 1. The van der Waals surface area contributed by atoms with Crippen molar-refractivity contribution >= 4 is 5.97 Å². The van der Waals surface area contributed by atoms with Crippen LogP contribution in [-0.2, 0) is 4.79 Å². The zero-order chi connectivity index (χ0) is 15.7. The number of hydrogen-bond donors (Lipinski definition) is 1. The molecule has 1 aliphatic carbocycles. The summed E-state index contributed by atoms with van der Waals surface area (Å²) < 4.78 is 0. The van der Waals surface area contributed by atoms with E-state index in [0.717, 1.165) is 32.1 Å². The van der Waals surface area contributed by atoms with Crippen LogP contribution in [-0.4, -0.2) is 11.1 Å². The topological polar surface area (TPSA) is 37.3 Å². The predicted molar refractivity (Wildman–Crippen MR) is 89.5 cm³/mol. The molecule has 1 rings (SSSR count). The molecule has 2 unspecified atom stereocenters. The average Bonchev–Trinajstić information content (AvgIpc) is 3.30. The average molecular weight is 296 g/mol. The van der Waals surface area contributed by atoms with Gasteiger partial charge in [0, 0.05) is 0 Å². The third-order valence-corrected chi connectivity index (χ3v) is 5.67. The van der Waals surface area contributed by atoms with Crippen molar-refractivity contribution in [2.45, 2.75) is 97.8 Å². The molecule has 0 saturated heterocycles. The first-order valence-corrected chi connectivity index (χ1v) is 9.36. The van der Waals surface area contributed by atoms with Gasteiger partial charge in [-0.2, -0.15) is 0 Å². The highest BCUT2D eigenvalue weighted by Crippen LogP contribution is 2.54. The predicted octanol–water partition coefficient (Wildman–Crippen LogP) is 6.04. The lowest BCUT2D eigenvalue weighted by molar-refractivity contribution is -0.155. The van der Waals surface area contributed by atoms with Gasteiger partial charge in [0.05, 0.1) is 5.41 Å². The highest BCUT2D eigenvalue weighted by Gasteiger charge is 2.53. The Morgan fingerprint density at radius 2 is 1.62 bits per heavy atom. The third-order valence-electron chi connectivity index (χ3n) is 5.67. The first-order valence-electron chi connectivity index (χ1n) is 9.36. The van der Waals surface area contributed by atoms with E-state index in [1.807, 2.05) is 0 Å². The maximum Gasteiger partial charge on any atom is 0.310 e. The summed E-state index contributed by atoms with van der Waals surface area (Å²) in [5.74, 6) is 0.306. The molecule has 0 amide bonds. The monoisotopic (exact) mass is 296 g/mol. The molecule has 0 aromatic heterocycles. The Kier molecular flexibility index (Phi) is 8.36. The largest absolute Gasteiger partial charge is 0.481 e. The molecule has 2 atom stereocenters. The second-order valence-electron chi connectivity index (χ2n) is 6.99. The van der Waals surface area contributed by atoms with Crippen LogP contribution in [0.5, 0.6) is 0 Å². The Morgan fingerprint density at radius 1 is 1.05 bits per heavy atom. The molecule has 1 saturated carbocycles. The Bertz CT molecular complexity index is 296. The number of aliphatic carboxylic acids is 1. The van der Waals surface area contributed by atoms with Crippen molar-refractivity contribution in [2.24, 2.45) is 17.3 Å². The van der Waals surface area contributed by atoms with Gasteiger partial charge >= 0.3 is 5.97 Å². The van der Waals surface area contributed by atoms with Crippen LogP contribution in [0.25, 0.3) is 0 Å². The third kappa shape index (κ3) is 5.00. The van der Waals surface area contributed by atoms with Crippen LogP contribution in [0.3, 0.4) is 0 Å². The second-order valence-corrected chi connectivity index (χ2v) is 6.99. The molecule has 1 aliphatic rings. The van der Waals surface area contributed by atoms with E-state index in [0.29, 0.717) is 11.8 Å². The van der Waals surface area contributed by atoms with Crippen LogP contribution in [0, 0.1) is 17.3 Å². The summed E-state index contributed by atoms with van der Waals surface area (Å²) in [6, 6.07) is 0.